The van der Waals surface area contributed by atoms with Crippen molar-refractivity contribution in [3.05, 3.63) is 51.5 Å². The third-order valence-corrected chi connectivity index (χ3v) is 3.46. The number of nitrogens with one attached hydrogen (secondary N) is 1. The standard InChI is InChI=1S/C14H12BrClN2O2/c1-20-13-5-2-8(6-10(13)16)14(19)18-12-4-3-9(15)7-11(12)17/h2-7H,17H2,1H3,(H,18,19). The lowest BCUT2D eigenvalue weighted by Gasteiger charge is -2.09. The van der Waals surface area contributed by atoms with Gasteiger partial charge in [0, 0.05) is 10.0 Å². The van der Waals surface area contributed by atoms with Gasteiger partial charge in [-0.25, -0.2) is 0 Å². The number of hydrogen-bond acceptors (Lipinski definition) is 3. The Hall–Kier alpha value is -1.72. The summed E-state index contributed by atoms with van der Waals surface area (Å²) >= 11 is 9.30. The van der Waals surface area contributed by atoms with E-state index in [9.17, 15) is 4.79 Å². The van der Waals surface area contributed by atoms with E-state index in [1.807, 2.05) is 0 Å². The molecule has 0 bridgehead atoms. The molecule has 20 heavy (non-hydrogen) atoms. The number of nitrogen functional groups attached to an aromatic ring is 1. The molecule has 0 aliphatic carbocycles. The molecule has 0 aliphatic heterocycles. The van der Waals surface area contributed by atoms with Crippen LogP contribution in [0.3, 0.4) is 0 Å². The number of carbonyl (C=O) groups is 1. The molecule has 2 aromatic carbocycles. The van der Waals surface area contributed by atoms with Gasteiger partial charge in [-0.15, -0.1) is 0 Å². The summed E-state index contributed by atoms with van der Waals surface area (Å²) in [7, 11) is 1.52. The topological polar surface area (TPSA) is 64.3 Å². The van der Waals surface area contributed by atoms with Crippen molar-refractivity contribution in [3.8, 4) is 5.75 Å². The SMILES string of the molecule is COc1ccc(C(=O)Nc2ccc(Br)cc2N)cc1Cl. The maximum absolute atomic E-state index is 12.1. The Morgan fingerprint density at radius 1 is 1.30 bits per heavy atom. The molecule has 4 nitrogen and oxygen atoms in total. The lowest BCUT2D eigenvalue weighted by Crippen LogP contribution is -2.13. The zero-order valence-electron chi connectivity index (χ0n) is 10.6. The van der Waals surface area contributed by atoms with Crippen LogP contribution in [0.1, 0.15) is 10.4 Å². The van der Waals surface area contributed by atoms with E-state index in [1.165, 1.54) is 7.11 Å². The van der Waals surface area contributed by atoms with Gasteiger partial charge in [0.2, 0.25) is 0 Å². The molecule has 3 N–H and O–H groups in total. The van der Waals surface area contributed by atoms with Gasteiger partial charge in [-0.05, 0) is 36.4 Å². The van der Waals surface area contributed by atoms with Crippen molar-refractivity contribution < 1.29 is 9.53 Å². The molecule has 0 heterocycles. The quantitative estimate of drug-likeness (QED) is 0.820. The number of benzene rings is 2. The molecule has 0 radical (unpaired) electrons. The van der Waals surface area contributed by atoms with Crippen molar-refractivity contribution in [3.63, 3.8) is 0 Å². The van der Waals surface area contributed by atoms with Gasteiger partial charge in [-0.2, -0.15) is 0 Å². The van der Waals surface area contributed by atoms with Crippen molar-refractivity contribution in [2.24, 2.45) is 0 Å². The summed E-state index contributed by atoms with van der Waals surface area (Å²) in [6.07, 6.45) is 0. The molecular weight excluding hydrogens is 344 g/mol. The second kappa shape index (κ2) is 6.15. The van der Waals surface area contributed by atoms with Crippen LogP contribution in [0.5, 0.6) is 5.75 Å². The first-order chi connectivity index (χ1) is 9.51. The molecular formula is C14H12BrClN2O2. The zero-order chi connectivity index (χ0) is 14.7. The highest BCUT2D eigenvalue weighted by molar-refractivity contribution is 9.10. The molecule has 0 unspecified atom stereocenters. The van der Waals surface area contributed by atoms with Crippen molar-refractivity contribution >= 4 is 44.8 Å². The van der Waals surface area contributed by atoms with Gasteiger partial charge in [0.1, 0.15) is 5.75 Å². The molecule has 0 atom stereocenters. The molecule has 0 spiro atoms. The van der Waals surface area contributed by atoms with Crippen LogP contribution < -0.4 is 15.8 Å². The average Bonchev–Trinajstić information content (AvgIpc) is 2.41. The molecule has 0 aliphatic rings. The highest BCUT2D eigenvalue weighted by Crippen LogP contribution is 2.27. The third-order valence-electron chi connectivity index (χ3n) is 2.68. The monoisotopic (exact) mass is 354 g/mol. The maximum atomic E-state index is 12.1. The van der Waals surface area contributed by atoms with E-state index in [4.69, 9.17) is 22.1 Å². The number of methoxy groups -OCH3 is 1. The largest absolute Gasteiger partial charge is 0.495 e. The Bertz CT molecular complexity index is 662. The van der Waals surface area contributed by atoms with Gasteiger partial charge >= 0.3 is 0 Å². The van der Waals surface area contributed by atoms with Crippen molar-refractivity contribution in [2.45, 2.75) is 0 Å². The first-order valence-electron chi connectivity index (χ1n) is 5.71. The van der Waals surface area contributed by atoms with Crippen LogP contribution in [0.4, 0.5) is 11.4 Å². The summed E-state index contributed by atoms with van der Waals surface area (Å²) < 4.78 is 5.89. The Labute approximate surface area is 130 Å². The van der Waals surface area contributed by atoms with Gasteiger partial charge in [0.15, 0.2) is 0 Å². The summed E-state index contributed by atoms with van der Waals surface area (Å²) in [6, 6.07) is 10.1. The van der Waals surface area contributed by atoms with E-state index in [0.29, 0.717) is 27.7 Å². The smallest absolute Gasteiger partial charge is 0.255 e. The Kier molecular flexibility index (Phi) is 4.52. The fourth-order valence-electron chi connectivity index (χ4n) is 1.65. The molecule has 2 aromatic rings. The molecule has 0 fully saturated rings. The summed E-state index contributed by atoms with van der Waals surface area (Å²) in [4.78, 5) is 12.1. The molecule has 6 heteroatoms. The van der Waals surface area contributed by atoms with E-state index in [1.54, 1.807) is 36.4 Å². The average molecular weight is 356 g/mol. The number of anilines is 2. The summed E-state index contributed by atoms with van der Waals surface area (Å²) in [5, 5.41) is 3.11. The lowest BCUT2D eigenvalue weighted by molar-refractivity contribution is 0.102. The molecule has 2 rings (SSSR count). The Morgan fingerprint density at radius 3 is 2.65 bits per heavy atom. The van der Waals surface area contributed by atoms with E-state index in [0.717, 1.165) is 4.47 Å². The van der Waals surface area contributed by atoms with Crippen LogP contribution in [0.15, 0.2) is 40.9 Å². The summed E-state index contributed by atoms with van der Waals surface area (Å²) in [6.45, 7) is 0. The van der Waals surface area contributed by atoms with Crippen molar-refractivity contribution in [2.75, 3.05) is 18.2 Å². The number of ether oxygens (including phenoxy) is 1. The number of hydrogen-bond donors (Lipinski definition) is 2. The maximum Gasteiger partial charge on any atom is 0.255 e. The van der Waals surface area contributed by atoms with Crippen molar-refractivity contribution in [1.29, 1.82) is 0 Å². The summed E-state index contributed by atoms with van der Waals surface area (Å²) in [5.41, 5.74) is 7.29. The van der Waals surface area contributed by atoms with Gasteiger partial charge < -0.3 is 15.8 Å². The van der Waals surface area contributed by atoms with Gasteiger partial charge in [0.05, 0.1) is 23.5 Å². The zero-order valence-corrected chi connectivity index (χ0v) is 13.0. The minimum Gasteiger partial charge on any atom is -0.495 e. The van der Waals surface area contributed by atoms with Crippen LogP contribution in [-0.4, -0.2) is 13.0 Å². The number of halogens is 2. The van der Waals surface area contributed by atoms with E-state index < -0.39 is 0 Å². The highest BCUT2D eigenvalue weighted by Gasteiger charge is 2.11. The van der Waals surface area contributed by atoms with Crippen LogP contribution in [-0.2, 0) is 0 Å². The molecule has 1 amide bonds. The van der Waals surface area contributed by atoms with Crippen molar-refractivity contribution in [1.82, 2.24) is 0 Å². The minimum absolute atomic E-state index is 0.288. The molecule has 0 saturated heterocycles. The van der Waals surface area contributed by atoms with Crippen LogP contribution in [0.2, 0.25) is 5.02 Å². The minimum atomic E-state index is -0.288. The summed E-state index contributed by atoms with van der Waals surface area (Å²) in [5.74, 6) is 0.231. The predicted molar refractivity (Wildman–Crippen MR) is 84.5 cm³/mol. The van der Waals surface area contributed by atoms with Gasteiger partial charge in [-0.3, -0.25) is 4.79 Å². The Morgan fingerprint density at radius 2 is 2.05 bits per heavy atom. The third kappa shape index (κ3) is 3.23. The highest BCUT2D eigenvalue weighted by atomic mass is 79.9. The second-order valence-electron chi connectivity index (χ2n) is 4.04. The molecule has 0 aromatic heterocycles. The normalized spacial score (nSPS) is 10.2. The molecule has 0 saturated carbocycles. The van der Waals surface area contributed by atoms with E-state index >= 15 is 0 Å². The fraction of sp³-hybridized carbons (Fsp3) is 0.0714. The number of amides is 1. The number of carbonyl (C=O) groups excluding carboxylic acids is 1. The van der Waals surface area contributed by atoms with Crippen LogP contribution >= 0.6 is 27.5 Å². The van der Waals surface area contributed by atoms with Gasteiger partial charge in [-0.1, -0.05) is 27.5 Å². The number of nitrogens with two attached hydrogens (primary N) is 1. The lowest BCUT2D eigenvalue weighted by atomic mass is 10.2. The van der Waals surface area contributed by atoms with Crippen LogP contribution in [0.25, 0.3) is 0 Å². The predicted octanol–water partition coefficient (Wildman–Crippen LogP) is 3.95. The second-order valence-corrected chi connectivity index (χ2v) is 5.36. The fourth-order valence-corrected chi connectivity index (χ4v) is 2.29. The number of rotatable bonds is 3. The van der Waals surface area contributed by atoms with Crippen LogP contribution in [0, 0.1) is 0 Å². The first-order valence-corrected chi connectivity index (χ1v) is 6.88. The van der Waals surface area contributed by atoms with E-state index in [-0.39, 0.29) is 5.91 Å². The first kappa shape index (κ1) is 14.7. The van der Waals surface area contributed by atoms with Gasteiger partial charge in [0.25, 0.3) is 5.91 Å². The Balaban J connectivity index is 2.21. The van der Waals surface area contributed by atoms with E-state index in [2.05, 4.69) is 21.2 Å². The molecule has 104 valence electrons.